The van der Waals surface area contributed by atoms with Crippen LogP contribution >= 0.6 is 11.3 Å². The molecule has 1 amide bonds. The van der Waals surface area contributed by atoms with Crippen LogP contribution in [0.15, 0.2) is 12.3 Å². The fraction of sp³-hybridized carbons (Fsp3) is 0.308. The summed E-state index contributed by atoms with van der Waals surface area (Å²) in [5, 5.41) is 3.91. The van der Waals surface area contributed by atoms with Gasteiger partial charge in [-0.05, 0) is 31.7 Å². The van der Waals surface area contributed by atoms with Crippen molar-refractivity contribution in [1.29, 1.82) is 0 Å². The topological polar surface area (TPSA) is 107 Å². The lowest BCUT2D eigenvalue weighted by molar-refractivity contribution is 0.100. The molecule has 0 spiro atoms. The molecule has 104 valence electrons. The van der Waals surface area contributed by atoms with Gasteiger partial charge in [-0.3, -0.25) is 4.79 Å². The number of fused-ring (bicyclic) bond motifs is 1. The molecule has 2 aromatic heterocycles. The molecule has 0 aromatic carbocycles. The van der Waals surface area contributed by atoms with Gasteiger partial charge in [-0.25, -0.2) is 9.97 Å². The Morgan fingerprint density at radius 3 is 2.90 bits per heavy atom. The number of nitrogen functional groups attached to an aromatic ring is 1. The molecule has 5 N–H and O–H groups in total. The highest BCUT2D eigenvalue weighted by Crippen LogP contribution is 2.31. The average molecular weight is 289 g/mol. The van der Waals surface area contributed by atoms with Gasteiger partial charge in [-0.2, -0.15) is 0 Å². The number of carbonyl (C=O) groups is 1. The van der Waals surface area contributed by atoms with Crippen molar-refractivity contribution >= 4 is 33.9 Å². The molecule has 0 saturated heterocycles. The van der Waals surface area contributed by atoms with Gasteiger partial charge in [0, 0.05) is 4.88 Å². The molecule has 0 atom stereocenters. The monoisotopic (exact) mass is 289 g/mol. The van der Waals surface area contributed by atoms with Crippen molar-refractivity contribution in [3.63, 3.8) is 0 Å². The molecule has 0 aliphatic heterocycles. The SMILES string of the molecule is NC(=O)c1cc(Nc2nc3c(s2)CCCC3)ncc1N. The minimum atomic E-state index is -0.564. The fourth-order valence-corrected chi connectivity index (χ4v) is 3.32. The van der Waals surface area contributed by atoms with E-state index in [1.165, 1.54) is 29.6 Å². The highest BCUT2D eigenvalue weighted by molar-refractivity contribution is 7.15. The van der Waals surface area contributed by atoms with Crippen molar-refractivity contribution in [2.75, 3.05) is 11.1 Å². The number of rotatable bonds is 3. The van der Waals surface area contributed by atoms with Crippen LogP contribution in [-0.4, -0.2) is 15.9 Å². The van der Waals surface area contributed by atoms with Gasteiger partial charge in [0.1, 0.15) is 5.82 Å². The summed E-state index contributed by atoms with van der Waals surface area (Å²) in [6, 6.07) is 1.55. The highest BCUT2D eigenvalue weighted by Gasteiger charge is 2.16. The Morgan fingerprint density at radius 1 is 1.35 bits per heavy atom. The van der Waals surface area contributed by atoms with E-state index in [4.69, 9.17) is 11.5 Å². The number of hydrogen-bond donors (Lipinski definition) is 3. The molecule has 0 bridgehead atoms. The third-order valence-corrected chi connectivity index (χ3v) is 4.35. The van der Waals surface area contributed by atoms with Crippen molar-refractivity contribution < 1.29 is 4.79 Å². The number of primary amides is 1. The van der Waals surface area contributed by atoms with Gasteiger partial charge >= 0.3 is 0 Å². The van der Waals surface area contributed by atoms with Crippen molar-refractivity contribution in [3.8, 4) is 0 Å². The van der Waals surface area contributed by atoms with E-state index in [-0.39, 0.29) is 11.3 Å². The molecule has 2 aromatic rings. The second kappa shape index (κ2) is 5.09. The van der Waals surface area contributed by atoms with Gasteiger partial charge < -0.3 is 16.8 Å². The average Bonchev–Trinajstić information content (AvgIpc) is 2.82. The van der Waals surface area contributed by atoms with E-state index < -0.39 is 5.91 Å². The second-order valence-corrected chi connectivity index (χ2v) is 5.83. The minimum absolute atomic E-state index is 0.267. The van der Waals surface area contributed by atoms with Crippen molar-refractivity contribution in [2.45, 2.75) is 25.7 Å². The molecule has 6 nitrogen and oxygen atoms in total. The first kappa shape index (κ1) is 12.9. The van der Waals surface area contributed by atoms with E-state index in [0.29, 0.717) is 5.82 Å². The van der Waals surface area contributed by atoms with Crippen LogP contribution in [0, 0.1) is 0 Å². The molecule has 1 aliphatic carbocycles. The quantitative estimate of drug-likeness (QED) is 0.799. The van der Waals surface area contributed by atoms with Gasteiger partial charge in [0.25, 0.3) is 5.91 Å². The van der Waals surface area contributed by atoms with Crippen LogP contribution in [0.3, 0.4) is 0 Å². The van der Waals surface area contributed by atoms with Crippen LogP contribution in [0.25, 0.3) is 0 Å². The van der Waals surface area contributed by atoms with Gasteiger partial charge in [-0.15, -0.1) is 11.3 Å². The second-order valence-electron chi connectivity index (χ2n) is 4.74. The lowest BCUT2D eigenvalue weighted by Gasteiger charge is -2.06. The maximum Gasteiger partial charge on any atom is 0.250 e. The summed E-state index contributed by atoms with van der Waals surface area (Å²) >= 11 is 1.64. The first-order chi connectivity index (χ1) is 9.63. The number of aromatic nitrogens is 2. The number of nitrogens with zero attached hydrogens (tertiary/aromatic N) is 2. The zero-order chi connectivity index (χ0) is 14.1. The lowest BCUT2D eigenvalue weighted by Crippen LogP contribution is -2.14. The van der Waals surface area contributed by atoms with Gasteiger partial charge in [-0.1, -0.05) is 0 Å². The number of thiazole rings is 1. The van der Waals surface area contributed by atoms with Crippen LogP contribution in [0.4, 0.5) is 16.6 Å². The molecule has 0 radical (unpaired) electrons. The number of amides is 1. The number of pyridine rings is 1. The number of hydrogen-bond acceptors (Lipinski definition) is 6. The van der Waals surface area contributed by atoms with E-state index in [9.17, 15) is 4.79 Å². The molecule has 0 unspecified atom stereocenters. The molecule has 0 saturated carbocycles. The first-order valence-corrected chi connectivity index (χ1v) is 7.26. The summed E-state index contributed by atoms with van der Waals surface area (Å²) in [6.07, 6.45) is 5.98. The van der Waals surface area contributed by atoms with Crippen LogP contribution < -0.4 is 16.8 Å². The summed E-state index contributed by atoms with van der Waals surface area (Å²) in [4.78, 5) is 21.3. The van der Waals surface area contributed by atoms with Gasteiger partial charge in [0.2, 0.25) is 0 Å². The summed E-state index contributed by atoms with van der Waals surface area (Å²) in [5.41, 5.74) is 12.6. The summed E-state index contributed by atoms with van der Waals surface area (Å²) in [6.45, 7) is 0. The molecule has 7 heteroatoms. The maximum absolute atomic E-state index is 11.3. The Bertz CT molecular complexity index is 643. The maximum atomic E-state index is 11.3. The van der Waals surface area contributed by atoms with Crippen molar-refractivity contribution in [2.24, 2.45) is 5.73 Å². The van der Waals surface area contributed by atoms with Crippen molar-refractivity contribution in [3.05, 3.63) is 28.4 Å². The number of aryl methyl sites for hydroxylation is 2. The standard InChI is InChI=1S/C13H15N5OS/c14-8-6-16-11(5-7(8)12(15)19)18-13-17-9-3-1-2-4-10(9)20-13/h5-6H,1-4,14H2,(H2,15,19)(H,16,17,18). The highest BCUT2D eigenvalue weighted by atomic mass is 32.1. The zero-order valence-corrected chi connectivity index (χ0v) is 11.7. The number of nitrogens with two attached hydrogens (primary N) is 2. The van der Waals surface area contributed by atoms with E-state index >= 15 is 0 Å². The molecule has 3 rings (SSSR count). The molecular weight excluding hydrogens is 274 g/mol. The number of anilines is 3. The Labute approximate surface area is 120 Å². The molecule has 20 heavy (non-hydrogen) atoms. The predicted molar refractivity (Wildman–Crippen MR) is 79.2 cm³/mol. The number of carbonyl (C=O) groups excluding carboxylic acids is 1. The predicted octanol–water partition coefficient (Wildman–Crippen LogP) is 1.84. The molecule has 1 aliphatic rings. The van der Waals surface area contributed by atoms with Crippen LogP contribution in [0.1, 0.15) is 33.8 Å². The fourth-order valence-electron chi connectivity index (χ4n) is 2.26. The molecule has 0 fully saturated rings. The van der Waals surface area contributed by atoms with Crippen LogP contribution in [0.5, 0.6) is 0 Å². The molecular formula is C13H15N5OS. The Morgan fingerprint density at radius 2 is 2.15 bits per heavy atom. The first-order valence-electron chi connectivity index (χ1n) is 6.44. The Balaban J connectivity index is 1.86. The van der Waals surface area contributed by atoms with Gasteiger partial charge in [0.15, 0.2) is 5.13 Å². The summed E-state index contributed by atoms with van der Waals surface area (Å²) < 4.78 is 0. The van der Waals surface area contributed by atoms with Crippen LogP contribution in [0.2, 0.25) is 0 Å². The number of nitrogens with one attached hydrogen (secondary N) is 1. The van der Waals surface area contributed by atoms with E-state index in [2.05, 4.69) is 15.3 Å². The minimum Gasteiger partial charge on any atom is -0.397 e. The van der Waals surface area contributed by atoms with Crippen LogP contribution in [-0.2, 0) is 12.8 Å². The third kappa shape index (κ3) is 2.44. The van der Waals surface area contributed by atoms with E-state index in [0.717, 1.165) is 18.0 Å². The van der Waals surface area contributed by atoms with Gasteiger partial charge in [0.05, 0.1) is 23.1 Å². The zero-order valence-electron chi connectivity index (χ0n) is 10.8. The molecule has 2 heterocycles. The summed E-state index contributed by atoms with van der Waals surface area (Å²) in [5.74, 6) is -0.0366. The lowest BCUT2D eigenvalue weighted by atomic mass is 10.0. The Hall–Kier alpha value is -2.15. The summed E-state index contributed by atoms with van der Waals surface area (Å²) in [7, 11) is 0. The largest absolute Gasteiger partial charge is 0.397 e. The van der Waals surface area contributed by atoms with Crippen molar-refractivity contribution in [1.82, 2.24) is 9.97 Å². The normalized spacial score (nSPS) is 13.8. The smallest absolute Gasteiger partial charge is 0.250 e. The Kier molecular flexibility index (Phi) is 3.27. The third-order valence-electron chi connectivity index (χ3n) is 3.28. The van der Waals surface area contributed by atoms with E-state index in [1.807, 2.05) is 0 Å². The van der Waals surface area contributed by atoms with E-state index in [1.54, 1.807) is 17.4 Å².